The number of hydrogen-bond acceptors (Lipinski definition) is 4. The molecular weight excluding hydrogens is 442 g/mol. The number of carbonyl (C=O) groups is 2. The zero-order valence-electron chi connectivity index (χ0n) is 20.8. The van der Waals surface area contributed by atoms with Crippen molar-refractivity contribution in [1.82, 2.24) is 14.8 Å². The van der Waals surface area contributed by atoms with Gasteiger partial charge in [-0.15, -0.1) is 0 Å². The highest BCUT2D eigenvalue weighted by molar-refractivity contribution is 5.97. The normalized spacial score (nSPS) is 19.8. The minimum absolute atomic E-state index is 0.0273. The number of benzene rings is 2. The third-order valence-electron chi connectivity index (χ3n) is 7.12. The van der Waals surface area contributed by atoms with E-state index in [4.69, 9.17) is 9.47 Å². The molecule has 3 aromatic rings. The van der Waals surface area contributed by atoms with Crippen molar-refractivity contribution in [1.29, 1.82) is 0 Å². The Balaban J connectivity index is 1.63. The first kappa shape index (κ1) is 23.3. The van der Waals surface area contributed by atoms with Gasteiger partial charge in [-0.2, -0.15) is 0 Å². The van der Waals surface area contributed by atoms with Crippen LogP contribution in [-0.2, 0) is 16.0 Å². The summed E-state index contributed by atoms with van der Waals surface area (Å²) in [4.78, 5) is 34.4. The number of ether oxygens (including phenoxy) is 2. The largest absolute Gasteiger partial charge is 0.493 e. The Kier molecular flexibility index (Phi) is 6.17. The van der Waals surface area contributed by atoms with E-state index in [1.165, 1.54) is 0 Å². The molecule has 0 spiro atoms. The lowest BCUT2D eigenvalue weighted by molar-refractivity contribution is -0.158. The van der Waals surface area contributed by atoms with Crippen molar-refractivity contribution in [2.24, 2.45) is 5.92 Å². The molecule has 3 heterocycles. The monoisotopic (exact) mass is 475 g/mol. The molecule has 5 rings (SSSR count). The fourth-order valence-corrected chi connectivity index (χ4v) is 5.40. The molecule has 2 aromatic carbocycles. The molecule has 35 heavy (non-hydrogen) atoms. The van der Waals surface area contributed by atoms with Gasteiger partial charge < -0.3 is 24.3 Å². The van der Waals surface area contributed by atoms with Crippen LogP contribution >= 0.6 is 0 Å². The van der Waals surface area contributed by atoms with Crippen molar-refractivity contribution in [3.63, 3.8) is 0 Å². The highest BCUT2D eigenvalue weighted by Crippen LogP contribution is 2.44. The van der Waals surface area contributed by atoms with Crippen LogP contribution in [0, 0.1) is 5.92 Å². The van der Waals surface area contributed by atoms with E-state index in [0.29, 0.717) is 37.0 Å². The summed E-state index contributed by atoms with van der Waals surface area (Å²) in [6, 6.07) is 13.0. The number of aromatic amines is 1. The molecule has 1 fully saturated rings. The highest BCUT2D eigenvalue weighted by atomic mass is 16.5. The molecule has 2 amide bonds. The number of aromatic nitrogens is 1. The molecular formula is C28H33N3O4. The Morgan fingerprint density at radius 3 is 2.66 bits per heavy atom. The predicted octanol–water partition coefficient (Wildman–Crippen LogP) is 4.31. The molecule has 0 bridgehead atoms. The van der Waals surface area contributed by atoms with Gasteiger partial charge >= 0.3 is 0 Å². The van der Waals surface area contributed by atoms with Crippen LogP contribution in [-0.4, -0.2) is 59.4 Å². The molecule has 1 N–H and O–H groups in total. The summed E-state index contributed by atoms with van der Waals surface area (Å²) in [6.45, 7) is 7.45. The lowest BCUT2D eigenvalue weighted by Crippen LogP contribution is -2.63. The zero-order valence-corrected chi connectivity index (χ0v) is 20.8. The minimum atomic E-state index is -0.530. The van der Waals surface area contributed by atoms with Gasteiger partial charge in [0.05, 0.1) is 26.3 Å². The van der Waals surface area contributed by atoms with Crippen LogP contribution < -0.4 is 9.47 Å². The molecule has 0 aliphatic carbocycles. The average molecular weight is 476 g/mol. The molecule has 1 aromatic heterocycles. The molecule has 184 valence electrons. The first-order valence-electron chi connectivity index (χ1n) is 12.4. The Hall–Kier alpha value is -3.48. The average Bonchev–Trinajstić information content (AvgIpc) is 3.23. The molecule has 0 unspecified atom stereocenters. The fraction of sp³-hybridized carbons (Fsp3) is 0.429. The van der Waals surface area contributed by atoms with Gasteiger partial charge in [0.25, 0.3) is 0 Å². The van der Waals surface area contributed by atoms with Crippen molar-refractivity contribution < 1.29 is 19.1 Å². The number of methoxy groups -OCH3 is 1. The Labute approximate surface area is 206 Å². The fourth-order valence-electron chi connectivity index (χ4n) is 5.40. The molecule has 7 heteroatoms. The van der Waals surface area contributed by atoms with E-state index < -0.39 is 12.1 Å². The van der Waals surface area contributed by atoms with Gasteiger partial charge in [0.2, 0.25) is 11.8 Å². The van der Waals surface area contributed by atoms with E-state index in [1.807, 2.05) is 43.3 Å². The van der Waals surface area contributed by atoms with Crippen molar-refractivity contribution in [3.8, 4) is 11.5 Å². The summed E-state index contributed by atoms with van der Waals surface area (Å²) in [5, 5.41) is 1.10. The number of H-pyrrole nitrogens is 1. The van der Waals surface area contributed by atoms with Crippen LogP contribution in [0.4, 0.5) is 0 Å². The zero-order chi connectivity index (χ0) is 24.7. The smallest absolute Gasteiger partial charge is 0.246 e. The summed E-state index contributed by atoms with van der Waals surface area (Å²) >= 11 is 0. The maximum atomic E-state index is 13.7. The standard InChI is InChI=1S/C28H33N3O4/c1-5-35-23-11-10-18(14-24(23)34-4)27-26-20(19-8-6-7-9-21(19)29-26)15-22-28(33)30(13-12-17(2)3)16-25(32)31(22)27/h6-11,14,17,22,27,29H,5,12-13,15-16H2,1-4H3/t22-,27+/m0/s1. The first-order valence-corrected chi connectivity index (χ1v) is 12.4. The summed E-state index contributed by atoms with van der Waals surface area (Å²) < 4.78 is 11.3. The number of nitrogens with zero attached hydrogens (tertiary/aromatic N) is 2. The second-order valence-electron chi connectivity index (χ2n) is 9.77. The van der Waals surface area contributed by atoms with Crippen LogP contribution in [0.5, 0.6) is 11.5 Å². The number of para-hydroxylation sites is 1. The summed E-state index contributed by atoms with van der Waals surface area (Å²) in [7, 11) is 1.61. The van der Waals surface area contributed by atoms with Gasteiger partial charge in [0.1, 0.15) is 6.04 Å². The van der Waals surface area contributed by atoms with Gasteiger partial charge in [0.15, 0.2) is 11.5 Å². The second kappa shape index (κ2) is 9.29. The minimum Gasteiger partial charge on any atom is -0.493 e. The van der Waals surface area contributed by atoms with Crippen LogP contribution in [0.3, 0.4) is 0 Å². The van der Waals surface area contributed by atoms with Crippen molar-refractivity contribution in [3.05, 3.63) is 59.3 Å². The Morgan fingerprint density at radius 2 is 1.91 bits per heavy atom. The van der Waals surface area contributed by atoms with Crippen molar-refractivity contribution in [2.75, 3.05) is 26.8 Å². The summed E-state index contributed by atoms with van der Waals surface area (Å²) in [5.41, 5.74) is 3.97. The van der Waals surface area contributed by atoms with Crippen LogP contribution in [0.2, 0.25) is 0 Å². The van der Waals surface area contributed by atoms with E-state index in [-0.39, 0.29) is 18.4 Å². The van der Waals surface area contributed by atoms with E-state index in [0.717, 1.165) is 34.1 Å². The van der Waals surface area contributed by atoms with Crippen LogP contribution in [0.25, 0.3) is 10.9 Å². The lowest BCUT2D eigenvalue weighted by Gasteiger charge is -2.47. The molecule has 2 atom stereocenters. The van der Waals surface area contributed by atoms with Crippen molar-refractivity contribution in [2.45, 2.75) is 45.7 Å². The Morgan fingerprint density at radius 1 is 1.11 bits per heavy atom. The maximum absolute atomic E-state index is 13.7. The van der Waals surface area contributed by atoms with E-state index in [1.54, 1.807) is 16.9 Å². The number of fused-ring (bicyclic) bond motifs is 4. The molecule has 7 nitrogen and oxygen atoms in total. The quantitative estimate of drug-likeness (QED) is 0.553. The summed E-state index contributed by atoms with van der Waals surface area (Å²) in [6.07, 6.45) is 1.39. The Bertz CT molecular complexity index is 1260. The first-order chi connectivity index (χ1) is 16.9. The number of nitrogens with one attached hydrogen (secondary N) is 1. The van der Waals surface area contributed by atoms with E-state index in [2.05, 4.69) is 24.9 Å². The third kappa shape index (κ3) is 4.03. The number of rotatable bonds is 7. The molecule has 2 aliphatic rings. The lowest BCUT2D eigenvalue weighted by atomic mass is 9.86. The number of hydrogen-bond donors (Lipinski definition) is 1. The molecule has 0 saturated carbocycles. The summed E-state index contributed by atoms with van der Waals surface area (Å²) in [5.74, 6) is 1.73. The third-order valence-corrected chi connectivity index (χ3v) is 7.12. The molecule has 1 saturated heterocycles. The van der Waals surface area contributed by atoms with Crippen LogP contribution in [0.15, 0.2) is 42.5 Å². The van der Waals surface area contributed by atoms with Gasteiger partial charge in [-0.3, -0.25) is 9.59 Å². The topological polar surface area (TPSA) is 74.9 Å². The van der Waals surface area contributed by atoms with Gasteiger partial charge in [-0.1, -0.05) is 38.1 Å². The van der Waals surface area contributed by atoms with Gasteiger partial charge in [0, 0.05) is 29.6 Å². The van der Waals surface area contributed by atoms with E-state index in [9.17, 15) is 9.59 Å². The maximum Gasteiger partial charge on any atom is 0.246 e. The predicted molar refractivity (Wildman–Crippen MR) is 135 cm³/mol. The number of carbonyl (C=O) groups excluding carboxylic acids is 2. The van der Waals surface area contributed by atoms with Crippen molar-refractivity contribution >= 4 is 22.7 Å². The van der Waals surface area contributed by atoms with Crippen LogP contribution in [0.1, 0.15) is 50.1 Å². The SMILES string of the molecule is CCOc1ccc([C@@H]2c3[nH]c4ccccc4c3C[C@H]3C(=O)N(CCC(C)C)CC(=O)N23)cc1OC. The number of amides is 2. The molecule has 2 aliphatic heterocycles. The van der Waals surface area contributed by atoms with Gasteiger partial charge in [-0.25, -0.2) is 0 Å². The van der Waals surface area contributed by atoms with Gasteiger partial charge in [-0.05, 0) is 48.6 Å². The highest BCUT2D eigenvalue weighted by Gasteiger charge is 2.48. The molecule has 0 radical (unpaired) electrons. The number of piperazine rings is 1. The van der Waals surface area contributed by atoms with E-state index >= 15 is 0 Å². The second-order valence-corrected chi connectivity index (χ2v) is 9.77.